The Morgan fingerprint density at radius 3 is 2.45 bits per heavy atom. The number of amides is 2. The van der Waals surface area contributed by atoms with Gasteiger partial charge in [-0.1, -0.05) is 25.7 Å². The first-order valence-electron chi connectivity index (χ1n) is 7.98. The summed E-state index contributed by atoms with van der Waals surface area (Å²) in [5.74, 6) is -0.0921. The molecule has 0 aromatic rings. The summed E-state index contributed by atoms with van der Waals surface area (Å²) < 4.78 is 0. The lowest BCUT2D eigenvalue weighted by molar-refractivity contribution is -0.129. The van der Waals surface area contributed by atoms with Crippen LogP contribution in [0, 0.1) is 5.92 Å². The van der Waals surface area contributed by atoms with Gasteiger partial charge in [-0.3, -0.25) is 9.59 Å². The van der Waals surface area contributed by atoms with Crippen molar-refractivity contribution in [3.8, 4) is 0 Å². The fourth-order valence-electron chi connectivity index (χ4n) is 3.30. The molecular weight excluding hydrogens is 254 g/mol. The van der Waals surface area contributed by atoms with Gasteiger partial charge in [0.05, 0.1) is 6.54 Å². The van der Waals surface area contributed by atoms with Gasteiger partial charge >= 0.3 is 0 Å². The molecule has 0 radical (unpaired) electrons. The van der Waals surface area contributed by atoms with Gasteiger partial charge in [-0.25, -0.2) is 0 Å². The quantitative estimate of drug-likeness (QED) is 0.720. The van der Waals surface area contributed by atoms with Crippen molar-refractivity contribution in [2.75, 3.05) is 6.54 Å². The van der Waals surface area contributed by atoms with Crippen LogP contribution in [0.5, 0.6) is 0 Å². The number of carbonyl (C=O) groups is 2. The van der Waals surface area contributed by atoms with Crippen LogP contribution in [0.1, 0.15) is 57.8 Å². The minimum absolute atomic E-state index is 0.0127. The second kappa shape index (κ2) is 7.62. The maximum atomic E-state index is 12.0. The van der Waals surface area contributed by atoms with E-state index in [4.69, 9.17) is 5.73 Å². The zero-order chi connectivity index (χ0) is 14.4. The third-order valence-corrected chi connectivity index (χ3v) is 4.48. The predicted molar refractivity (Wildman–Crippen MR) is 78.0 cm³/mol. The molecule has 0 saturated heterocycles. The smallest absolute Gasteiger partial charge is 0.239 e. The van der Waals surface area contributed by atoms with E-state index in [1.807, 2.05) is 0 Å². The topological polar surface area (TPSA) is 84.2 Å². The van der Waals surface area contributed by atoms with Crippen LogP contribution >= 0.6 is 0 Å². The van der Waals surface area contributed by atoms with Crippen LogP contribution in [0.2, 0.25) is 0 Å². The first-order valence-corrected chi connectivity index (χ1v) is 7.98. The maximum Gasteiger partial charge on any atom is 0.239 e. The molecule has 2 unspecified atom stereocenters. The Hall–Kier alpha value is -1.10. The zero-order valence-electron chi connectivity index (χ0n) is 12.2. The van der Waals surface area contributed by atoms with Gasteiger partial charge < -0.3 is 16.4 Å². The second-order valence-corrected chi connectivity index (χ2v) is 6.24. The Kier molecular flexibility index (Phi) is 5.83. The summed E-state index contributed by atoms with van der Waals surface area (Å²) in [7, 11) is 0. The average molecular weight is 281 g/mol. The summed E-state index contributed by atoms with van der Waals surface area (Å²) in [4.78, 5) is 23.8. The van der Waals surface area contributed by atoms with Crippen molar-refractivity contribution in [2.24, 2.45) is 11.7 Å². The number of hydrogen-bond donors (Lipinski definition) is 3. The molecule has 2 rings (SSSR count). The molecule has 2 fully saturated rings. The number of hydrogen-bond acceptors (Lipinski definition) is 3. The second-order valence-electron chi connectivity index (χ2n) is 6.24. The molecule has 4 N–H and O–H groups in total. The van der Waals surface area contributed by atoms with E-state index in [1.54, 1.807) is 0 Å². The minimum atomic E-state index is -0.0645. The van der Waals surface area contributed by atoms with Crippen molar-refractivity contribution in [3.05, 3.63) is 0 Å². The SMILES string of the molecule is NC1CCCC(C(=O)NCC(=O)NC2CCCCC2)C1. The van der Waals surface area contributed by atoms with Gasteiger partial charge in [0.1, 0.15) is 0 Å². The van der Waals surface area contributed by atoms with Gasteiger partial charge in [0.2, 0.25) is 11.8 Å². The van der Waals surface area contributed by atoms with Gasteiger partial charge in [-0.2, -0.15) is 0 Å². The highest BCUT2D eigenvalue weighted by atomic mass is 16.2. The molecular formula is C15H27N3O2. The molecule has 2 saturated carbocycles. The van der Waals surface area contributed by atoms with Crippen molar-refractivity contribution >= 4 is 11.8 Å². The third kappa shape index (κ3) is 4.78. The van der Waals surface area contributed by atoms with E-state index in [0.29, 0.717) is 6.04 Å². The lowest BCUT2D eigenvalue weighted by Crippen LogP contribution is -2.45. The Balaban J connectivity index is 1.65. The van der Waals surface area contributed by atoms with Crippen molar-refractivity contribution in [1.82, 2.24) is 10.6 Å². The minimum Gasteiger partial charge on any atom is -0.352 e. The molecule has 2 aliphatic rings. The molecule has 20 heavy (non-hydrogen) atoms. The molecule has 2 atom stereocenters. The number of nitrogens with one attached hydrogen (secondary N) is 2. The zero-order valence-corrected chi connectivity index (χ0v) is 12.2. The molecule has 0 aromatic heterocycles. The molecule has 2 aliphatic carbocycles. The van der Waals surface area contributed by atoms with E-state index in [0.717, 1.165) is 38.5 Å². The van der Waals surface area contributed by atoms with Crippen molar-refractivity contribution in [3.63, 3.8) is 0 Å². The van der Waals surface area contributed by atoms with Crippen LogP contribution in [0.25, 0.3) is 0 Å². The number of rotatable bonds is 4. The van der Waals surface area contributed by atoms with E-state index < -0.39 is 0 Å². The molecule has 0 heterocycles. The van der Waals surface area contributed by atoms with Gasteiger partial charge in [0.15, 0.2) is 0 Å². The normalized spacial score (nSPS) is 27.9. The van der Waals surface area contributed by atoms with Gasteiger partial charge in [-0.05, 0) is 32.1 Å². The summed E-state index contributed by atoms with van der Waals surface area (Å²) in [5, 5.41) is 5.76. The first kappa shape index (κ1) is 15.3. The van der Waals surface area contributed by atoms with Crippen LogP contribution in [0.3, 0.4) is 0 Å². The van der Waals surface area contributed by atoms with Gasteiger partial charge in [-0.15, -0.1) is 0 Å². The fraction of sp³-hybridized carbons (Fsp3) is 0.867. The van der Waals surface area contributed by atoms with Crippen molar-refractivity contribution in [2.45, 2.75) is 69.9 Å². The summed E-state index contributed by atoms with van der Waals surface area (Å²) in [6.07, 6.45) is 9.44. The molecule has 0 aliphatic heterocycles. The average Bonchev–Trinajstić information content (AvgIpc) is 2.46. The molecule has 5 heteroatoms. The van der Waals surface area contributed by atoms with E-state index in [9.17, 15) is 9.59 Å². The highest BCUT2D eigenvalue weighted by molar-refractivity contribution is 5.86. The summed E-state index contributed by atoms with van der Waals surface area (Å²) in [5.41, 5.74) is 5.88. The van der Waals surface area contributed by atoms with Crippen LogP contribution < -0.4 is 16.4 Å². The lowest BCUT2D eigenvalue weighted by Gasteiger charge is -2.26. The van der Waals surface area contributed by atoms with E-state index in [2.05, 4.69) is 10.6 Å². The Morgan fingerprint density at radius 1 is 1.00 bits per heavy atom. The van der Waals surface area contributed by atoms with Crippen LogP contribution in [0.15, 0.2) is 0 Å². The molecule has 114 valence electrons. The predicted octanol–water partition coefficient (Wildman–Crippen LogP) is 1.07. The molecule has 0 spiro atoms. The Morgan fingerprint density at radius 2 is 1.75 bits per heavy atom. The highest BCUT2D eigenvalue weighted by Gasteiger charge is 2.25. The lowest BCUT2D eigenvalue weighted by atomic mass is 9.85. The number of carbonyl (C=O) groups excluding carboxylic acids is 2. The highest BCUT2D eigenvalue weighted by Crippen LogP contribution is 2.23. The van der Waals surface area contributed by atoms with E-state index in [-0.39, 0.29) is 30.3 Å². The molecule has 0 aromatic carbocycles. The third-order valence-electron chi connectivity index (χ3n) is 4.48. The Labute approximate surface area is 121 Å². The van der Waals surface area contributed by atoms with Crippen LogP contribution in [0.4, 0.5) is 0 Å². The van der Waals surface area contributed by atoms with Crippen LogP contribution in [-0.4, -0.2) is 30.4 Å². The van der Waals surface area contributed by atoms with E-state index >= 15 is 0 Å². The fourth-order valence-corrected chi connectivity index (χ4v) is 3.30. The maximum absolute atomic E-state index is 12.0. The van der Waals surface area contributed by atoms with Crippen molar-refractivity contribution in [1.29, 1.82) is 0 Å². The number of nitrogens with two attached hydrogens (primary N) is 1. The largest absolute Gasteiger partial charge is 0.352 e. The monoisotopic (exact) mass is 281 g/mol. The van der Waals surface area contributed by atoms with E-state index in [1.165, 1.54) is 19.3 Å². The van der Waals surface area contributed by atoms with Gasteiger partial charge in [0, 0.05) is 18.0 Å². The summed E-state index contributed by atoms with van der Waals surface area (Å²) >= 11 is 0. The molecule has 5 nitrogen and oxygen atoms in total. The standard InChI is InChI=1S/C15H27N3O2/c16-12-6-4-5-11(9-12)15(20)17-10-14(19)18-13-7-2-1-3-8-13/h11-13H,1-10,16H2,(H,17,20)(H,18,19). The first-order chi connectivity index (χ1) is 9.65. The summed E-state index contributed by atoms with van der Waals surface area (Å²) in [6, 6.07) is 0.437. The molecule has 2 amide bonds. The summed E-state index contributed by atoms with van der Waals surface area (Å²) in [6.45, 7) is 0.0983. The molecule has 0 bridgehead atoms. The van der Waals surface area contributed by atoms with Crippen molar-refractivity contribution < 1.29 is 9.59 Å². The Bertz CT molecular complexity index is 340. The van der Waals surface area contributed by atoms with Crippen LogP contribution in [-0.2, 0) is 9.59 Å². The van der Waals surface area contributed by atoms with Gasteiger partial charge in [0.25, 0.3) is 0 Å².